The van der Waals surface area contributed by atoms with Crippen molar-refractivity contribution in [2.75, 3.05) is 0 Å². The molecule has 2 aromatic rings. The van der Waals surface area contributed by atoms with Crippen LogP contribution in [0.3, 0.4) is 0 Å². The van der Waals surface area contributed by atoms with E-state index in [0.717, 1.165) is 5.39 Å². The van der Waals surface area contributed by atoms with Crippen molar-refractivity contribution in [3.8, 4) is 0 Å². The molecule has 0 atom stereocenters. The van der Waals surface area contributed by atoms with E-state index >= 15 is 0 Å². The summed E-state index contributed by atoms with van der Waals surface area (Å²) in [6.07, 6.45) is 1.54. The molecule has 74 valence electrons. The van der Waals surface area contributed by atoms with Crippen LogP contribution in [0.1, 0.15) is 24.2 Å². The first kappa shape index (κ1) is 10.3. The number of aromatic carboxylic acids is 1. The van der Waals surface area contributed by atoms with Crippen molar-refractivity contribution in [1.82, 2.24) is 0 Å². The molecule has 0 radical (unpaired) electrons. The molecule has 1 N–H and O–H groups in total. The molecule has 0 saturated carbocycles. The molecule has 0 saturated heterocycles. The molecular formula is C11H12O3. The lowest BCUT2D eigenvalue weighted by Gasteiger charge is -1.92. The van der Waals surface area contributed by atoms with Gasteiger partial charge in [0.25, 0.3) is 0 Å². The van der Waals surface area contributed by atoms with E-state index in [1.165, 1.54) is 12.3 Å². The van der Waals surface area contributed by atoms with Gasteiger partial charge in [-0.2, -0.15) is 0 Å². The number of hydrogen-bond acceptors (Lipinski definition) is 2. The predicted octanol–water partition coefficient (Wildman–Crippen LogP) is 3.16. The van der Waals surface area contributed by atoms with E-state index < -0.39 is 5.97 Å². The fourth-order valence-electron chi connectivity index (χ4n) is 1.09. The molecule has 0 unspecified atom stereocenters. The number of carbonyl (C=O) groups is 1. The highest BCUT2D eigenvalue weighted by Gasteiger charge is 2.04. The molecule has 1 aromatic heterocycles. The van der Waals surface area contributed by atoms with Crippen molar-refractivity contribution in [3.63, 3.8) is 0 Å². The second-order valence-electron chi connectivity index (χ2n) is 2.48. The maximum Gasteiger partial charge on any atom is 0.335 e. The van der Waals surface area contributed by atoms with Crippen LogP contribution in [-0.4, -0.2) is 11.1 Å². The van der Waals surface area contributed by atoms with Crippen LogP contribution in [0.15, 0.2) is 34.9 Å². The van der Waals surface area contributed by atoms with Gasteiger partial charge in [0.2, 0.25) is 0 Å². The summed E-state index contributed by atoms with van der Waals surface area (Å²) in [7, 11) is 0. The lowest BCUT2D eigenvalue weighted by atomic mass is 10.2. The number of carboxylic acid groups (broad SMARTS) is 1. The molecule has 0 aliphatic carbocycles. The summed E-state index contributed by atoms with van der Waals surface area (Å²) in [6.45, 7) is 4.00. The molecule has 1 heterocycles. The van der Waals surface area contributed by atoms with Gasteiger partial charge < -0.3 is 9.52 Å². The molecule has 2 rings (SSSR count). The van der Waals surface area contributed by atoms with Gasteiger partial charge in [-0.1, -0.05) is 19.9 Å². The van der Waals surface area contributed by atoms with Gasteiger partial charge in [-0.05, 0) is 18.2 Å². The number of fused-ring (bicyclic) bond motifs is 1. The van der Waals surface area contributed by atoms with Gasteiger partial charge in [0.15, 0.2) is 0 Å². The van der Waals surface area contributed by atoms with Gasteiger partial charge in [0.1, 0.15) is 5.58 Å². The van der Waals surface area contributed by atoms with Crippen molar-refractivity contribution < 1.29 is 14.3 Å². The van der Waals surface area contributed by atoms with E-state index in [0.29, 0.717) is 5.58 Å². The van der Waals surface area contributed by atoms with Gasteiger partial charge in [0.05, 0.1) is 11.8 Å². The summed E-state index contributed by atoms with van der Waals surface area (Å²) in [5.74, 6) is -0.937. The van der Waals surface area contributed by atoms with Crippen LogP contribution < -0.4 is 0 Å². The molecule has 0 aliphatic heterocycles. The molecule has 0 spiro atoms. The number of hydrogen-bond donors (Lipinski definition) is 1. The summed E-state index contributed by atoms with van der Waals surface area (Å²) < 4.78 is 5.05. The smallest absolute Gasteiger partial charge is 0.335 e. The third-order valence-electron chi connectivity index (χ3n) is 1.70. The largest absolute Gasteiger partial charge is 0.478 e. The highest BCUT2D eigenvalue weighted by molar-refractivity contribution is 5.92. The van der Waals surface area contributed by atoms with E-state index in [1.807, 2.05) is 13.8 Å². The normalized spacial score (nSPS) is 9.29. The standard InChI is InChI=1S/C9H6O3.C2H6/c10-9(11)7-2-1-6-3-4-12-8(6)5-7;1-2/h1-5H,(H,10,11);1-2H3. The average Bonchev–Trinajstić information content (AvgIpc) is 2.67. The summed E-state index contributed by atoms with van der Waals surface area (Å²) in [6, 6.07) is 6.58. The van der Waals surface area contributed by atoms with Crippen LogP contribution in [0.4, 0.5) is 0 Å². The third kappa shape index (κ3) is 1.93. The summed E-state index contributed by atoms with van der Waals surface area (Å²) in [5, 5.41) is 9.56. The topological polar surface area (TPSA) is 50.4 Å². The van der Waals surface area contributed by atoms with Crippen LogP contribution in [0.5, 0.6) is 0 Å². The number of furan rings is 1. The lowest BCUT2D eigenvalue weighted by Crippen LogP contribution is -1.94. The van der Waals surface area contributed by atoms with E-state index in [4.69, 9.17) is 9.52 Å². The Morgan fingerprint density at radius 2 is 2.00 bits per heavy atom. The molecule has 3 heteroatoms. The Hall–Kier alpha value is -1.77. The second kappa shape index (κ2) is 4.46. The van der Waals surface area contributed by atoms with Gasteiger partial charge in [-0.3, -0.25) is 0 Å². The highest BCUT2D eigenvalue weighted by atomic mass is 16.4. The van der Waals surface area contributed by atoms with Crippen LogP contribution in [-0.2, 0) is 0 Å². The monoisotopic (exact) mass is 192 g/mol. The SMILES string of the molecule is CC.O=C(O)c1ccc2ccoc2c1. The molecule has 3 nitrogen and oxygen atoms in total. The van der Waals surface area contributed by atoms with Crippen molar-refractivity contribution in [2.24, 2.45) is 0 Å². The predicted molar refractivity (Wildman–Crippen MR) is 54.5 cm³/mol. The first-order chi connectivity index (χ1) is 6.77. The lowest BCUT2D eigenvalue weighted by molar-refractivity contribution is 0.0697. The summed E-state index contributed by atoms with van der Waals surface area (Å²) in [4.78, 5) is 10.5. The zero-order chi connectivity index (χ0) is 10.6. The van der Waals surface area contributed by atoms with Gasteiger partial charge in [0, 0.05) is 5.39 Å². The van der Waals surface area contributed by atoms with Crippen molar-refractivity contribution in [2.45, 2.75) is 13.8 Å². The fraction of sp³-hybridized carbons (Fsp3) is 0.182. The maximum atomic E-state index is 10.5. The first-order valence-electron chi connectivity index (χ1n) is 4.48. The van der Waals surface area contributed by atoms with Crippen molar-refractivity contribution >= 4 is 16.9 Å². The first-order valence-corrected chi connectivity index (χ1v) is 4.48. The Labute approximate surface area is 82.0 Å². The van der Waals surface area contributed by atoms with Crippen molar-refractivity contribution in [3.05, 3.63) is 36.1 Å². The number of rotatable bonds is 1. The van der Waals surface area contributed by atoms with Crippen LogP contribution in [0.2, 0.25) is 0 Å². The molecule has 0 fully saturated rings. The Bertz CT molecular complexity index is 429. The number of carboxylic acids is 1. The van der Waals surface area contributed by atoms with E-state index in [-0.39, 0.29) is 5.56 Å². The average molecular weight is 192 g/mol. The van der Waals surface area contributed by atoms with E-state index in [9.17, 15) is 4.79 Å². The maximum absolute atomic E-state index is 10.5. The fourth-order valence-corrected chi connectivity index (χ4v) is 1.09. The molecule has 1 aromatic carbocycles. The van der Waals surface area contributed by atoms with E-state index in [1.54, 1.807) is 18.2 Å². The Kier molecular flexibility index (Phi) is 3.29. The van der Waals surface area contributed by atoms with Gasteiger partial charge in [-0.25, -0.2) is 4.79 Å². The summed E-state index contributed by atoms with van der Waals surface area (Å²) in [5.41, 5.74) is 0.854. The Morgan fingerprint density at radius 1 is 1.29 bits per heavy atom. The Balaban J connectivity index is 0.000000461. The zero-order valence-electron chi connectivity index (χ0n) is 8.15. The minimum atomic E-state index is -0.937. The van der Waals surface area contributed by atoms with Gasteiger partial charge in [-0.15, -0.1) is 0 Å². The van der Waals surface area contributed by atoms with Crippen LogP contribution in [0.25, 0.3) is 11.0 Å². The van der Waals surface area contributed by atoms with E-state index in [2.05, 4.69) is 0 Å². The number of benzene rings is 1. The zero-order valence-corrected chi connectivity index (χ0v) is 8.15. The van der Waals surface area contributed by atoms with Crippen molar-refractivity contribution in [1.29, 1.82) is 0 Å². The third-order valence-corrected chi connectivity index (χ3v) is 1.70. The minimum Gasteiger partial charge on any atom is -0.478 e. The molecular weight excluding hydrogens is 180 g/mol. The van der Waals surface area contributed by atoms with Gasteiger partial charge >= 0.3 is 5.97 Å². The second-order valence-corrected chi connectivity index (χ2v) is 2.48. The molecule has 0 amide bonds. The molecule has 14 heavy (non-hydrogen) atoms. The van der Waals surface area contributed by atoms with Crippen LogP contribution >= 0.6 is 0 Å². The highest BCUT2D eigenvalue weighted by Crippen LogP contribution is 2.16. The summed E-state index contributed by atoms with van der Waals surface area (Å²) >= 11 is 0. The van der Waals surface area contributed by atoms with Crippen LogP contribution in [0, 0.1) is 0 Å². The molecule has 0 aliphatic rings. The Morgan fingerprint density at radius 3 is 2.64 bits per heavy atom. The quantitative estimate of drug-likeness (QED) is 0.755. The minimum absolute atomic E-state index is 0.248. The molecule has 0 bridgehead atoms.